The number of ether oxygens (including phenoxy) is 1. The van der Waals surface area contributed by atoms with Gasteiger partial charge in [0.25, 0.3) is 0 Å². The van der Waals surface area contributed by atoms with Gasteiger partial charge in [-0.15, -0.1) is 10.2 Å². The third-order valence-electron chi connectivity index (χ3n) is 5.61. The van der Waals surface area contributed by atoms with Crippen LogP contribution in [0.1, 0.15) is 12.5 Å². The van der Waals surface area contributed by atoms with E-state index >= 15 is 0 Å². The van der Waals surface area contributed by atoms with Gasteiger partial charge in [0.05, 0.1) is 49.4 Å². The number of rotatable bonds is 5. The van der Waals surface area contributed by atoms with Gasteiger partial charge in [0.2, 0.25) is 0 Å². The molecule has 2 aromatic heterocycles. The average molecular weight is 430 g/mol. The minimum Gasteiger partial charge on any atom is -0.442 e. The van der Waals surface area contributed by atoms with Crippen molar-refractivity contribution in [2.75, 3.05) is 29.4 Å². The highest BCUT2D eigenvalue weighted by Crippen LogP contribution is 2.32. The largest absolute Gasteiger partial charge is 0.442 e. The zero-order valence-corrected chi connectivity index (χ0v) is 16.5. The van der Waals surface area contributed by atoms with Crippen LogP contribution in [-0.4, -0.2) is 68.0 Å². The molecular formula is C19H20F2N8O2. The molecule has 0 radical (unpaired) electrons. The number of amides is 1. The Labute approximate surface area is 176 Å². The third kappa shape index (κ3) is 3.80. The highest BCUT2D eigenvalue weighted by Gasteiger charge is 2.35. The van der Waals surface area contributed by atoms with Crippen LogP contribution >= 0.6 is 0 Å². The summed E-state index contributed by atoms with van der Waals surface area (Å²) in [5.74, 6) is -0.517. The summed E-state index contributed by atoms with van der Waals surface area (Å²) in [4.78, 5) is 15.3. The van der Waals surface area contributed by atoms with E-state index in [0.29, 0.717) is 30.9 Å². The first kappa shape index (κ1) is 19.4. The molecular weight excluding hydrogens is 410 g/mol. The third-order valence-corrected chi connectivity index (χ3v) is 5.61. The van der Waals surface area contributed by atoms with Gasteiger partial charge in [0.15, 0.2) is 0 Å². The topological polar surface area (TPSA) is 94.2 Å². The summed E-state index contributed by atoms with van der Waals surface area (Å²) in [5, 5.41) is 15.2. The molecule has 10 nitrogen and oxygen atoms in total. The summed E-state index contributed by atoms with van der Waals surface area (Å²) in [5.41, 5.74) is 0.691. The lowest BCUT2D eigenvalue weighted by Gasteiger charge is -2.36. The van der Waals surface area contributed by atoms with Crippen LogP contribution in [0.3, 0.4) is 0 Å². The van der Waals surface area contributed by atoms with Crippen LogP contribution in [0, 0.1) is 5.82 Å². The lowest BCUT2D eigenvalue weighted by Crippen LogP contribution is -2.43. The fourth-order valence-electron chi connectivity index (χ4n) is 4.09. The van der Waals surface area contributed by atoms with Crippen LogP contribution in [-0.2, 0) is 11.3 Å². The number of piperidine rings is 1. The minimum atomic E-state index is -1.21. The summed E-state index contributed by atoms with van der Waals surface area (Å²) in [6.45, 7) is 1.16. The maximum absolute atomic E-state index is 14.9. The van der Waals surface area contributed by atoms with Crippen molar-refractivity contribution < 1.29 is 18.3 Å². The Bertz CT molecular complexity index is 1050. The smallest absolute Gasteiger partial charge is 0.414 e. The molecule has 0 spiro atoms. The number of hydrogen-bond acceptors (Lipinski definition) is 7. The monoisotopic (exact) mass is 430 g/mol. The van der Waals surface area contributed by atoms with Crippen LogP contribution in [0.4, 0.5) is 25.0 Å². The van der Waals surface area contributed by atoms with Crippen molar-refractivity contribution in [1.29, 1.82) is 0 Å². The van der Waals surface area contributed by atoms with Crippen molar-refractivity contribution in [3.8, 4) is 0 Å². The van der Waals surface area contributed by atoms with Crippen LogP contribution in [0.15, 0.2) is 43.0 Å². The molecule has 0 saturated carbocycles. The molecule has 12 heteroatoms. The normalized spacial score (nSPS) is 23.9. The number of nitrogens with zero attached hydrogens (tertiary/aromatic N) is 8. The second kappa shape index (κ2) is 7.93. The second-order valence-electron chi connectivity index (χ2n) is 7.58. The van der Waals surface area contributed by atoms with E-state index in [4.69, 9.17) is 4.74 Å². The summed E-state index contributed by atoms with van der Waals surface area (Å²) in [6, 6.07) is 4.09. The molecule has 0 bridgehead atoms. The number of carbonyl (C=O) groups is 1. The number of carbonyl (C=O) groups excluding carboxylic acids is 1. The summed E-state index contributed by atoms with van der Waals surface area (Å²) >= 11 is 0. The second-order valence-corrected chi connectivity index (χ2v) is 7.58. The molecule has 1 aromatic carbocycles. The number of halogens is 2. The maximum Gasteiger partial charge on any atom is 0.414 e. The van der Waals surface area contributed by atoms with E-state index in [1.54, 1.807) is 40.3 Å². The molecule has 2 aliphatic rings. The molecule has 0 N–H and O–H groups in total. The quantitative estimate of drug-likeness (QED) is 0.610. The number of hydrogen-bond donors (Lipinski definition) is 0. The number of cyclic esters (lactones) is 1. The van der Waals surface area contributed by atoms with Crippen molar-refractivity contribution in [2.45, 2.75) is 31.3 Å². The van der Waals surface area contributed by atoms with Gasteiger partial charge in [-0.1, -0.05) is 10.4 Å². The Kier molecular flexibility index (Phi) is 4.96. The molecule has 3 atom stereocenters. The molecule has 0 aliphatic carbocycles. The van der Waals surface area contributed by atoms with Gasteiger partial charge in [-0.2, -0.15) is 0 Å². The van der Waals surface area contributed by atoms with Crippen LogP contribution < -0.4 is 9.80 Å². The van der Waals surface area contributed by atoms with Crippen LogP contribution in [0.25, 0.3) is 0 Å². The number of aromatic nitrogens is 6. The zero-order valence-electron chi connectivity index (χ0n) is 16.5. The summed E-state index contributed by atoms with van der Waals surface area (Å²) in [6.07, 6.45) is 4.67. The Morgan fingerprint density at radius 1 is 1.13 bits per heavy atom. The first-order valence-corrected chi connectivity index (χ1v) is 9.95. The molecule has 2 saturated heterocycles. The average Bonchev–Trinajstić information content (AvgIpc) is 3.51. The van der Waals surface area contributed by atoms with Crippen molar-refractivity contribution in [2.24, 2.45) is 0 Å². The van der Waals surface area contributed by atoms with E-state index in [1.807, 2.05) is 0 Å². The first-order valence-electron chi connectivity index (χ1n) is 9.95. The Morgan fingerprint density at radius 2 is 1.97 bits per heavy atom. The Hall–Kier alpha value is -3.57. The van der Waals surface area contributed by atoms with Crippen molar-refractivity contribution >= 4 is 17.5 Å². The fourth-order valence-corrected chi connectivity index (χ4v) is 4.09. The van der Waals surface area contributed by atoms with E-state index in [0.717, 1.165) is 0 Å². The first-order chi connectivity index (χ1) is 15.1. The van der Waals surface area contributed by atoms with Crippen molar-refractivity contribution in [1.82, 2.24) is 30.0 Å². The number of anilines is 2. The summed E-state index contributed by atoms with van der Waals surface area (Å²) < 4.78 is 38.1. The van der Waals surface area contributed by atoms with Crippen LogP contribution in [0.5, 0.6) is 0 Å². The van der Waals surface area contributed by atoms with Gasteiger partial charge in [-0.05, 0) is 24.6 Å². The molecule has 4 heterocycles. The maximum atomic E-state index is 14.9. The highest BCUT2D eigenvalue weighted by molar-refractivity contribution is 5.90. The molecule has 1 amide bonds. The van der Waals surface area contributed by atoms with E-state index in [-0.39, 0.29) is 13.1 Å². The number of benzene rings is 1. The lowest BCUT2D eigenvalue weighted by atomic mass is 10.0. The van der Waals surface area contributed by atoms with Gasteiger partial charge in [-0.25, -0.2) is 22.9 Å². The SMILES string of the molecule is O=C1O[C@@H](Cn2ccnn2)CN1c1ccc(N2CCC(n3ccnn3)C(F)C2)c(F)c1. The predicted molar refractivity (Wildman–Crippen MR) is 105 cm³/mol. The van der Waals surface area contributed by atoms with Gasteiger partial charge in [0.1, 0.15) is 18.1 Å². The van der Waals surface area contributed by atoms with Crippen molar-refractivity contribution in [3.05, 3.63) is 48.8 Å². The van der Waals surface area contributed by atoms with Gasteiger partial charge in [0, 0.05) is 18.9 Å². The van der Waals surface area contributed by atoms with Crippen LogP contribution in [0.2, 0.25) is 0 Å². The number of alkyl halides is 1. The molecule has 3 aromatic rings. The molecule has 31 heavy (non-hydrogen) atoms. The van der Waals surface area contributed by atoms with E-state index < -0.39 is 30.2 Å². The summed E-state index contributed by atoms with van der Waals surface area (Å²) in [7, 11) is 0. The van der Waals surface area contributed by atoms with Gasteiger partial charge < -0.3 is 9.64 Å². The van der Waals surface area contributed by atoms with E-state index in [2.05, 4.69) is 20.6 Å². The molecule has 2 fully saturated rings. The fraction of sp³-hybridized carbons (Fsp3) is 0.421. The molecule has 2 aliphatic heterocycles. The molecule has 5 rings (SSSR count). The van der Waals surface area contributed by atoms with Crippen molar-refractivity contribution in [3.63, 3.8) is 0 Å². The van der Waals surface area contributed by atoms with E-state index in [1.165, 1.54) is 21.8 Å². The predicted octanol–water partition coefficient (Wildman–Crippen LogP) is 1.82. The minimum absolute atomic E-state index is 0.0481. The standard InChI is InChI=1S/C19H20F2N8O2/c20-15-9-13(28-11-14(31-19(28)30)10-27-7-4-22-24-27)1-2-17(15)26-6-3-18(16(21)12-26)29-8-5-23-25-29/h1-2,4-5,7-9,14,16,18H,3,6,10-12H2/t14-,16?,18?/m0/s1. The lowest BCUT2D eigenvalue weighted by molar-refractivity contribution is 0.129. The molecule has 2 unspecified atom stereocenters. The molecule has 162 valence electrons. The van der Waals surface area contributed by atoms with Gasteiger partial charge in [-0.3, -0.25) is 4.90 Å². The Balaban J connectivity index is 1.26. The Morgan fingerprint density at radius 3 is 2.68 bits per heavy atom. The highest BCUT2D eigenvalue weighted by atomic mass is 19.1. The van der Waals surface area contributed by atoms with E-state index in [9.17, 15) is 13.6 Å². The van der Waals surface area contributed by atoms with Gasteiger partial charge >= 0.3 is 6.09 Å². The zero-order chi connectivity index (χ0) is 21.4.